The Balaban J connectivity index is 4.85. The second kappa shape index (κ2) is 7.06. The van der Waals surface area contributed by atoms with Gasteiger partial charge in [0.05, 0.1) is 12.0 Å². The Hall–Kier alpha value is -0.483. The first kappa shape index (κ1) is 16.5. The van der Waals surface area contributed by atoms with Crippen molar-refractivity contribution in [1.82, 2.24) is 0 Å². The van der Waals surface area contributed by atoms with Gasteiger partial charge in [-0.3, -0.25) is 4.79 Å². The largest absolute Gasteiger partial charge is 0.413 e. The van der Waals surface area contributed by atoms with Gasteiger partial charge in [-0.2, -0.15) is 0 Å². The van der Waals surface area contributed by atoms with Gasteiger partial charge < -0.3 is 9.84 Å². The first-order valence-electron chi connectivity index (χ1n) is 6.56. The van der Waals surface area contributed by atoms with Gasteiger partial charge in [0.2, 0.25) is 0 Å². The smallest absolute Gasteiger partial charge is 0.192 e. The van der Waals surface area contributed by atoms with E-state index >= 15 is 0 Å². The topological polar surface area (TPSA) is 50.1 Å². The number of nitrogens with one attached hydrogen (secondary N) is 1. The van der Waals surface area contributed by atoms with Crippen LogP contribution >= 0.6 is 0 Å². The van der Waals surface area contributed by atoms with E-state index in [0.29, 0.717) is 5.71 Å². The Bertz CT molecular complexity index is 252. The van der Waals surface area contributed by atoms with Crippen molar-refractivity contribution in [3.05, 3.63) is 0 Å². The zero-order valence-electron chi connectivity index (χ0n) is 12.1. The third-order valence-corrected chi connectivity index (χ3v) is 8.48. The van der Waals surface area contributed by atoms with Crippen LogP contribution in [0.3, 0.4) is 0 Å². The fourth-order valence-electron chi connectivity index (χ4n) is 2.45. The molecule has 2 unspecified atom stereocenters. The minimum Gasteiger partial charge on any atom is -0.413 e. The fraction of sp³-hybridized carbons (Fsp3) is 0.846. The third kappa shape index (κ3) is 4.35. The van der Waals surface area contributed by atoms with E-state index in [0.717, 1.165) is 18.1 Å². The average molecular weight is 257 g/mol. The number of hydrogen-bond donors (Lipinski definition) is 1. The lowest BCUT2D eigenvalue weighted by atomic mass is 9.95. The van der Waals surface area contributed by atoms with E-state index < -0.39 is 8.32 Å². The van der Waals surface area contributed by atoms with Crippen LogP contribution in [0, 0.1) is 11.3 Å². The molecule has 0 saturated heterocycles. The summed E-state index contributed by atoms with van der Waals surface area (Å²) in [5, 5.41) is 7.71. The van der Waals surface area contributed by atoms with Crippen LogP contribution in [0.25, 0.3) is 0 Å². The van der Waals surface area contributed by atoms with Gasteiger partial charge in [-0.15, -0.1) is 0 Å². The van der Waals surface area contributed by atoms with Crippen molar-refractivity contribution < 1.29 is 9.22 Å². The maximum absolute atomic E-state index is 11.6. The molecule has 1 N–H and O–H groups in total. The highest BCUT2D eigenvalue weighted by Gasteiger charge is 2.35. The summed E-state index contributed by atoms with van der Waals surface area (Å²) in [5.41, 5.74) is 0.413. The summed E-state index contributed by atoms with van der Waals surface area (Å²) < 4.78 is 6.25. The number of Topliss-reactive ketones (excluding diaryl/α,β-unsaturated/α-hetero) is 1. The third-order valence-electron chi connectivity index (χ3n) is 3.74. The Kier molecular flexibility index (Phi) is 6.86. The second-order valence-electron chi connectivity index (χ2n) is 4.84. The molecule has 0 heterocycles. The number of carbonyl (C=O) groups is 1. The molecule has 0 aliphatic carbocycles. The highest BCUT2D eigenvalue weighted by molar-refractivity contribution is 6.73. The van der Waals surface area contributed by atoms with Gasteiger partial charge >= 0.3 is 0 Å². The van der Waals surface area contributed by atoms with Gasteiger partial charge in [-0.1, -0.05) is 20.8 Å². The van der Waals surface area contributed by atoms with Crippen molar-refractivity contribution in [3.8, 4) is 0 Å². The van der Waals surface area contributed by atoms with Crippen LogP contribution in [0.1, 0.15) is 41.5 Å². The summed E-state index contributed by atoms with van der Waals surface area (Å²) in [4.78, 5) is 11.6. The standard InChI is InChI=1S/C13H27NO2Si/c1-7-17(8-2,9-3)16-12(6)13(10(4)14)11(5)15/h12-14H,7-9H2,1-6H3. The zero-order valence-corrected chi connectivity index (χ0v) is 13.1. The Morgan fingerprint density at radius 1 is 1.18 bits per heavy atom. The number of ketones is 1. The van der Waals surface area contributed by atoms with Crippen LogP contribution in [0.15, 0.2) is 0 Å². The molecule has 0 saturated carbocycles. The van der Waals surface area contributed by atoms with Crippen molar-refractivity contribution in [2.45, 2.75) is 65.8 Å². The van der Waals surface area contributed by atoms with Gasteiger partial charge in [-0.25, -0.2) is 0 Å². The van der Waals surface area contributed by atoms with Gasteiger partial charge in [0.15, 0.2) is 8.32 Å². The molecule has 0 aromatic heterocycles. The van der Waals surface area contributed by atoms with Crippen LogP contribution in [0.4, 0.5) is 0 Å². The highest BCUT2D eigenvalue weighted by Crippen LogP contribution is 2.26. The predicted molar refractivity (Wildman–Crippen MR) is 75.3 cm³/mol. The highest BCUT2D eigenvalue weighted by atomic mass is 28.4. The summed E-state index contributed by atoms with van der Waals surface area (Å²) in [7, 11) is -1.68. The van der Waals surface area contributed by atoms with Crippen LogP contribution < -0.4 is 0 Å². The quantitative estimate of drug-likeness (QED) is 0.533. The van der Waals surface area contributed by atoms with Crippen molar-refractivity contribution in [3.63, 3.8) is 0 Å². The Morgan fingerprint density at radius 2 is 1.59 bits per heavy atom. The zero-order chi connectivity index (χ0) is 13.6. The minimum atomic E-state index is -1.68. The van der Waals surface area contributed by atoms with Gasteiger partial charge in [0.25, 0.3) is 0 Å². The van der Waals surface area contributed by atoms with Crippen molar-refractivity contribution >= 4 is 19.8 Å². The molecular weight excluding hydrogens is 230 g/mol. The molecule has 17 heavy (non-hydrogen) atoms. The van der Waals surface area contributed by atoms with E-state index in [1.807, 2.05) is 6.92 Å². The number of carbonyl (C=O) groups excluding carboxylic acids is 1. The van der Waals surface area contributed by atoms with Crippen LogP contribution in [0.5, 0.6) is 0 Å². The maximum Gasteiger partial charge on any atom is 0.192 e. The molecule has 2 atom stereocenters. The predicted octanol–water partition coefficient (Wildman–Crippen LogP) is 3.64. The molecule has 0 amide bonds. The molecular formula is C13H27NO2Si. The molecule has 0 bridgehead atoms. The second-order valence-corrected chi connectivity index (χ2v) is 9.56. The van der Waals surface area contributed by atoms with E-state index in [1.165, 1.54) is 0 Å². The van der Waals surface area contributed by atoms with E-state index in [-0.39, 0.29) is 17.8 Å². The SMILES string of the molecule is CC[Si](CC)(CC)OC(C)C(C(C)=N)C(C)=O. The number of hydrogen-bond acceptors (Lipinski definition) is 3. The monoisotopic (exact) mass is 257 g/mol. The first-order valence-corrected chi connectivity index (χ1v) is 9.09. The van der Waals surface area contributed by atoms with E-state index in [4.69, 9.17) is 9.84 Å². The van der Waals surface area contributed by atoms with Crippen molar-refractivity contribution in [2.75, 3.05) is 0 Å². The van der Waals surface area contributed by atoms with Crippen molar-refractivity contribution in [2.24, 2.45) is 5.92 Å². The normalized spacial score (nSPS) is 15.4. The molecule has 100 valence electrons. The lowest BCUT2D eigenvalue weighted by Gasteiger charge is -2.34. The summed E-state index contributed by atoms with van der Waals surface area (Å²) in [6, 6.07) is 3.23. The molecule has 0 aliphatic heterocycles. The summed E-state index contributed by atoms with van der Waals surface area (Å²) in [6.45, 7) is 11.7. The van der Waals surface area contributed by atoms with Gasteiger partial charge in [0.1, 0.15) is 5.78 Å². The molecule has 0 aliphatic rings. The summed E-state index contributed by atoms with van der Waals surface area (Å²) >= 11 is 0. The van der Waals surface area contributed by atoms with Crippen LogP contribution in [-0.2, 0) is 9.22 Å². The first-order chi connectivity index (χ1) is 7.83. The molecule has 0 aromatic rings. The molecule has 3 nitrogen and oxygen atoms in total. The van der Waals surface area contributed by atoms with E-state index in [2.05, 4.69) is 20.8 Å². The molecule has 4 heteroatoms. The van der Waals surface area contributed by atoms with Gasteiger partial charge in [0, 0.05) is 5.71 Å². The Labute approximate surface area is 107 Å². The number of rotatable bonds is 8. The summed E-state index contributed by atoms with van der Waals surface area (Å²) in [6.07, 6.45) is -0.156. The molecule has 0 fully saturated rings. The van der Waals surface area contributed by atoms with E-state index in [9.17, 15) is 4.79 Å². The maximum atomic E-state index is 11.6. The summed E-state index contributed by atoms with van der Waals surface area (Å²) in [5.74, 6) is -0.331. The molecule has 0 aromatic carbocycles. The molecule has 0 spiro atoms. The molecule has 0 radical (unpaired) electrons. The van der Waals surface area contributed by atoms with Crippen LogP contribution in [-0.4, -0.2) is 25.9 Å². The molecule has 0 rings (SSSR count). The lowest BCUT2D eigenvalue weighted by Crippen LogP contribution is -2.44. The fourth-order valence-corrected chi connectivity index (χ4v) is 5.37. The Morgan fingerprint density at radius 3 is 1.82 bits per heavy atom. The van der Waals surface area contributed by atoms with E-state index in [1.54, 1.807) is 13.8 Å². The van der Waals surface area contributed by atoms with Crippen molar-refractivity contribution in [1.29, 1.82) is 5.41 Å². The van der Waals surface area contributed by atoms with Crippen LogP contribution in [0.2, 0.25) is 18.1 Å². The minimum absolute atomic E-state index is 0.0382. The average Bonchev–Trinajstić information content (AvgIpc) is 2.25. The lowest BCUT2D eigenvalue weighted by molar-refractivity contribution is -0.120. The van der Waals surface area contributed by atoms with Gasteiger partial charge in [-0.05, 0) is 38.9 Å².